The summed E-state index contributed by atoms with van der Waals surface area (Å²) in [6, 6.07) is 9.75. The number of para-hydroxylation sites is 1. The Morgan fingerprint density at radius 1 is 0.971 bits per heavy atom. The molecule has 0 radical (unpaired) electrons. The molecule has 0 saturated carbocycles. The molecule has 1 fully saturated rings. The second-order valence-corrected chi connectivity index (χ2v) is 8.78. The fraction of sp³-hybridized carbons (Fsp3) is 0.500. The van der Waals surface area contributed by atoms with Gasteiger partial charge in [0.1, 0.15) is 0 Å². The second-order valence-electron chi connectivity index (χ2n) is 8.78. The predicted molar refractivity (Wildman–Crippen MR) is 133 cm³/mol. The molecule has 1 aliphatic rings. The van der Waals surface area contributed by atoms with Gasteiger partial charge in [0.2, 0.25) is 11.7 Å². The summed E-state index contributed by atoms with van der Waals surface area (Å²) >= 11 is 0. The molecule has 1 amide bonds. The molecule has 2 aromatic carbocycles. The standard InChI is InChI=1S/C26H37N3O5/c1-18-7-6-8-19(2)25(18)27-24(31)17-29-11-9-28(10-12-29)16-21(30)13-20-14-22(32-3)26(34-5)23(15-20)33-4/h6-8,14-15,21,30H,9-13,16-17H2,1-5H3,(H,27,31). The van der Waals surface area contributed by atoms with E-state index < -0.39 is 6.10 Å². The third-order valence-electron chi connectivity index (χ3n) is 6.24. The van der Waals surface area contributed by atoms with Gasteiger partial charge in [0, 0.05) is 38.4 Å². The van der Waals surface area contributed by atoms with Gasteiger partial charge in [-0.05, 0) is 49.1 Å². The summed E-state index contributed by atoms with van der Waals surface area (Å²) in [6.07, 6.45) is -0.0450. The second kappa shape index (κ2) is 12.1. The minimum atomic E-state index is -0.526. The van der Waals surface area contributed by atoms with E-state index in [1.54, 1.807) is 21.3 Å². The van der Waals surface area contributed by atoms with E-state index in [4.69, 9.17) is 14.2 Å². The smallest absolute Gasteiger partial charge is 0.238 e. The van der Waals surface area contributed by atoms with Crippen LogP contribution in [0.5, 0.6) is 17.2 Å². The van der Waals surface area contributed by atoms with Crippen LogP contribution >= 0.6 is 0 Å². The van der Waals surface area contributed by atoms with Gasteiger partial charge >= 0.3 is 0 Å². The third-order valence-corrected chi connectivity index (χ3v) is 6.24. The molecule has 0 spiro atoms. The van der Waals surface area contributed by atoms with Crippen molar-refractivity contribution in [3.05, 3.63) is 47.0 Å². The van der Waals surface area contributed by atoms with Crippen LogP contribution in [0.15, 0.2) is 30.3 Å². The Morgan fingerprint density at radius 3 is 2.06 bits per heavy atom. The highest BCUT2D eigenvalue weighted by atomic mass is 16.5. The van der Waals surface area contributed by atoms with Crippen LogP contribution in [-0.2, 0) is 11.2 Å². The van der Waals surface area contributed by atoms with Crippen molar-refractivity contribution in [2.24, 2.45) is 0 Å². The van der Waals surface area contributed by atoms with Gasteiger partial charge in [-0.1, -0.05) is 18.2 Å². The molecule has 8 heteroatoms. The van der Waals surface area contributed by atoms with Crippen molar-refractivity contribution in [3.63, 3.8) is 0 Å². The van der Waals surface area contributed by atoms with Crippen LogP contribution in [0.1, 0.15) is 16.7 Å². The maximum absolute atomic E-state index is 12.6. The lowest BCUT2D eigenvalue weighted by Gasteiger charge is -2.35. The average molecular weight is 472 g/mol. The molecule has 1 atom stereocenters. The number of aryl methyl sites for hydroxylation is 2. The molecule has 1 saturated heterocycles. The molecule has 1 heterocycles. The molecule has 2 aromatic rings. The van der Waals surface area contributed by atoms with E-state index in [2.05, 4.69) is 15.1 Å². The number of benzene rings is 2. The molecular weight excluding hydrogens is 434 g/mol. The number of hydrogen-bond donors (Lipinski definition) is 2. The number of nitrogens with one attached hydrogen (secondary N) is 1. The summed E-state index contributed by atoms with van der Waals surface area (Å²) in [4.78, 5) is 17.0. The number of hydrogen-bond acceptors (Lipinski definition) is 7. The first-order valence-corrected chi connectivity index (χ1v) is 11.6. The highest BCUT2D eigenvalue weighted by molar-refractivity contribution is 5.93. The van der Waals surface area contributed by atoms with E-state index in [0.717, 1.165) is 48.6 Å². The first-order chi connectivity index (χ1) is 16.3. The van der Waals surface area contributed by atoms with E-state index in [1.807, 2.05) is 44.2 Å². The summed E-state index contributed by atoms with van der Waals surface area (Å²) in [5.41, 5.74) is 3.96. The van der Waals surface area contributed by atoms with Crippen molar-refractivity contribution >= 4 is 11.6 Å². The molecule has 3 rings (SSSR count). The monoisotopic (exact) mass is 471 g/mol. The topological polar surface area (TPSA) is 83.5 Å². The predicted octanol–water partition coefficient (Wildman–Crippen LogP) is 2.49. The van der Waals surface area contributed by atoms with Crippen LogP contribution in [0, 0.1) is 13.8 Å². The first-order valence-electron chi connectivity index (χ1n) is 11.6. The fourth-order valence-electron chi connectivity index (χ4n) is 4.41. The Bertz CT molecular complexity index is 928. The number of aliphatic hydroxyl groups excluding tert-OH is 1. The number of carbonyl (C=O) groups is 1. The maximum Gasteiger partial charge on any atom is 0.238 e. The largest absolute Gasteiger partial charge is 0.493 e. The van der Waals surface area contributed by atoms with Crippen molar-refractivity contribution in [1.29, 1.82) is 0 Å². The molecule has 0 bridgehead atoms. The highest BCUT2D eigenvalue weighted by Crippen LogP contribution is 2.38. The summed E-state index contributed by atoms with van der Waals surface area (Å²) in [5.74, 6) is 1.71. The number of β-amino-alcohol motifs (C(OH)–C–C–N with tert-alkyl or cyclic N) is 1. The van der Waals surface area contributed by atoms with Crippen molar-refractivity contribution in [3.8, 4) is 17.2 Å². The average Bonchev–Trinajstić information content (AvgIpc) is 2.82. The first kappa shape index (κ1) is 25.8. The molecule has 186 valence electrons. The molecule has 2 N–H and O–H groups in total. The van der Waals surface area contributed by atoms with Gasteiger partial charge in [-0.25, -0.2) is 0 Å². The molecule has 8 nitrogen and oxygen atoms in total. The number of carbonyl (C=O) groups excluding carboxylic acids is 1. The SMILES string of the molecule is COc1cc(CC(O)CN2CCN(CC(=O)Nc3c(C)cccc3C)CC2)cc(OC)c1OC. The summed E-state index contributed by atoms with van der Waals surface area (Å²) in [6.45, 7) is 8.14. The summed E-state index contributed by atoms with van der Waals surface area (Å²) in [5, 5.41) is 13.8. The Labute approximate surface area is 202 Å². The van der Waals surface area contributed by atoms with E-state index in [0.29, 0.717) is 36.8 Å². The van der Waals surface area contributed by atoms with Crippen LogP contribution in [0.4, 0.5) is 5.69 Å². The zero-order valence-corrected chi connectivity index (χ0v) is 20.9. The number of methoxy groups -OCH3 is 3. The van der Waals surface area contributed by atoms with Crippen LogP contribution in [0.2, 0.25) is 0 Å². The normalized spacial score (nSPS) is 15.6. The lowest BCUT2D eigenvalue weighted by Crippen LogP contribution is -2.50. The Balaban J connectivity index is 1.47. The van der Waals surface area contributed by atoms with Crippen LogP contribution in [-0.4, -0.2) is 87.5 Å². The number of ether oxygens (including phenoxy) is 3. The van der Waals surface area contributed by atoms with Gasteiger partial charge < -0.3 is 24.6 Å². The van der Waals surface area contributed by atoms with Crippen molar-refractivity contribution in [2.45, 2.75) is 26.4 Å². The zero-order valence-electron chi connectivity index (χ0n) is 20.9. The van der Waals surface area contributed by atoms with Gasteiger partial charge in [-0.2, -0.15) is 0 Å². The summed E-state index contributed by atoms with van der Waals surface area (Å²) < 4.78 is 16.2. The number of aliphatic hydroxyl groups is 1. The zero-order chi connectivity index (χ0) is 24.7. The Morgan fingerprint density at radius 2 is 1.53 bits per heavy atom. The molecule has 1 unspecified atom stereocenters. The molecule has 0 aromatic heterocycles. The molecule has 1 aliphatic heterocycles. The minimum Gasteiger partial charge on any atom is -0.493 e. The van der Waals surface area contributed by atoms with Gasteiger partial charge in [0.25, 0.3) is 0 Å². The van der Waals surface area contributed by atoms with Gasteiger partial charge in [-0.15, -0.1) is 0 Å². The maximum atomic E-state index is 12.6. The lowest BCUT2D eigenvalue weighted by atomic mass is 10.1. The van der Waals surface area contributed by atoms with Crippen LogP contribution < -0.4 is 19.5 Å². The number of rotatable bonds is 10. The van der Waals surface area contributed by atoms with Crippen molar-refractivity contribution in [2.75, 3.05) is 65.9 Å². The number of piperazine rings is 1. The van der Waals surface area contributed by atoms with E-state index in [-0.39, 0.29) is 5.91 Å². The third kappa shape index (κ3) is 6.62. The van der Waals surface area contributed by atoms with Gasteiger partial charge in [0.05, 0.1) is 34.0 Å². The Kier molecular flexibility index (Phi) is 9.15. The number of amides is 1. The van der Waals surface area contributed by atoms with Gasteiger partial charge in [0.15, 0.2) is 11.5 Å². The Hall–Kier alpha value is -2.81. The van der Waals surface area contributed by atoms with Crippen LogP contribution in [0.25, 0.3) is 0 Å². The van der Waals surface area contributed by atoms with E-state index in [1.165, 1.54) is 0 Å². The quantitative estimate of drug-likeness (QED) is 0.551. The minimum absolute atomic E-state index is 0.00767. The molecular formula is C26H37N3O5. The fourth-order valence-corrected chi connectivity index (χ4v) is 4.41. The highest BCUT2D eigenvalue weighted by Gasteiger charge is 2.22. The van der Waals surface area contributed by atoms with E-state index >= 15 is 0 Å². The number of nitrogens with zero attached hydrogens (tertiary/aromatic N) is 2. The van der Waals surface area contributed by atoms with Gasteiger partial charge in [-0.3, -0.25) is 14.6 Å². The van der Waals surface area contributed by atoms with Crippen molar-refractivity contribution in [1.82, 2.24) is 9.80 Å². The molecule has 34 heavy (non-hydrogen) atoms. The van der Waals surface area contributed by atoms with Crippen LogP contribution in [0.3, 0.4) is 0 Å². The molecule has 0 aliphatic carbocycles. The lowest BCUT2D eigenvalue weighted by molar-refractivity contribution is -0.117. The van der Waals surface area contributed by atoms with Crippen molar-refractivity contribution < 1.29 is 24.1 Å². The summed E-state index contributed by atoms with van der Waals surface area (Å²) in [7, 11) is 4.74. The van der Waals surface area contributed by atoms with E-state index in [9.17, 15) is 9.90 Å². The number of anilines is 1.